The fourth-order valence-corrected chi connectivity index (χ4v) is 3.22. The number of hydrogen-bond donors (Lipinski definition) is 2. The van der Waals surface area contributed by atoms with Gasteiger partial charge in [0.1, 0.15) is 0 Å². The summed E-state index contributed by atoms with van der Waals surface area (Å²) in [6.07, 6.45) is 7.60. The molecule has 1 saturated heterocycles. The van der Waals surface area contributed by atoms with Crippen molar-refractivity contribution in [3.05, 3.63) is 34.9 Å². The van der Waals surface area contributed by atoms with Gasteiger partial charge in [-0.1, -0.05) is 36.6 Å². The smallest absolute Gasteiger partial charge is 0.188 e. The van der Waals surface area contributed by atoms with Crippen LogP contribution < -0.4 is 5.73 Å². The first-order valence-electron chi connectivity index (χ1n) is 8.71. The summed E-state index contributed by atoms with van der Waals surface area (Å²) in [6.45, 7) is 5.36. The molecule has 7 heteroatoms. The van der Waals surface area contributed by atoms with E-state index >= 15 is 0 Å². The van der Waals surface area contributed by atoms with Crippen LogP contribution in [0.4, 0.5) is 0 Å². The Morgan fingerprint density at radius 2 is 1.64 bits per heavy atom. The molecule has 144 valence electrons. The van der Waals surface area contributed by atoms with Gasteiger partial charge in [-0.2, -0.15) is 0 Å². The van der Waals surface area contributed by atoms with Crippen LogP contribution in [-0.4, -0.2) is 41.9 Å². The fraction of sp³-hybridized carbons (Fsp3) is 0.611. The zero-order valence-corrected chi connectivity index (χ0v) is 17.1. The summed E-state index contributed by atoms with van der Waals surface area (Å²) < 4.78 is 0. The summed E-state index contributed by atoms with van der Waals surface area (Å²) in [6, 6.07) is 7.75. The SMILES string of the molecule is Cl.Cl.N=C(N)N(CCCCCCN1CCCC1)Cc1ccc(Cl)cc1. The van der Waals surface area contributed by atoms with Gasteiger partial charge in [-0.05, 0) is 63.0 Å². The predicted octanol–water partition coefficient (Wildman–Crippen LogP) is 4.54. The number of nitrogens with one attached hydrogen (secondary N) is 1. The number of hydrogen-bond acceptors (Lipinski definition) is 2. The van der Waals surface area contributed by atoms with E-state index in [-0.39, 0.29) is 30.8 Å². The monoisotopic (exact) mass is 408 g/mol. The molecular weight excluding hydrogens is 379 g/mol. The zero-order chi connectivity index (χ0) is 16.5. The number of nitrogens with zero attached hydrogens (tertiary/aromatic N) is 2. The van der Waals surface area contributed by atoms with Crippen LogP contribution in [-0.2, 0) is 6.54 Å². The molecule has 1 aliphatic heterocycles. The second kappa shape index (κ2) is 13.5. The van der Waals surface area contributed by atoms with Gasteiger partial charge in [0.2, 0.25) is 0 Å². The van der Waals surface area contributed by atoms with E-state index in [1.54, 1.807) is 0 Å². The van der Waals surface area contributed by atoms with Gasteiger partial charge in [0.05, 0.1) is 0 Å². The van der Waals surface area contributed by atoms with Crippen molar-refractivity contribution in [2.75, 3.05) is 26.2 Å². The van der Waals surface area contributed by atoms with Crippen molar-refractivity contribution in [1.29, 1.82) is 5.41 Å². The normalized spacial score (nSPS) is 13.8. The highest BCUT2D eigenvalue weighted by Gasteiger charge is 2.10. The molecule has 0 radical (unpaired) electrons. The molecule has 0 atom stereocenters. The molecule has 1 heterocycles. The second-order valence-electron chi connectivity index (χ2n) is 6.40. The van der Waals surface area contributed by atoms with Crippen LogP contribution in [0.5, 0.6) is 0 Å². The van der Waals surface area contributed by atoms with Crippen molar-refractivity contribution in [2.24, 2.45) is 5.73 Å². The molecule has 0 amide bonds. The number of nitrogens with two attached hydrogens (primary N) is 1. The Morgan fingerprint density at radius 3 is 2.24 bits per heavy atom. The minimum atomic E-state index is 0. The number of unbranched alkanes of at least 4 members (excludes halogenated alkanes) is 3. The Hall–Kier alpha value is -0.680. The summed E-state index contributed by atoms with van der Waals surface area (Å²) >= 11 is 5.91. The molecule has 0 bridgehead atoms. The van der Waals surface area contributed by atoms with Crippen molar-refractivity contribution in [2.45, 2.75) is 45.1 Å². The van der Waals surface area contributed by atoms with Crippen molar-refractivity contribution in [3.63, 3.8) is 0 Å². The van der Waals surface area contributed by atoms with Gasteiger partial charge in [0.15, 0.2) is 5.96 Å². The average molecular weight is 410 g/mol. The first kappa shape index (κ1) is 24.3. The number of halogens is 3. The maximum Gasteiger partial charge on any atom is 0.188 e. The third-order valence-corrected chi connectivity index (χ3v) is 4.73. The van der Waals surface area contributed by atoms with Gasteiger partial charge in [-0.25, -0.2) is 0 Å². The molecule has 1 aromatic carbocycles. The third-order valence-electron chi connectivity index (χ3n) is 4.48. The Bertz CT molecular complexity index is 476. The average Bonchev–Trinajstić information content (AvgIpc) is 3.04. The summed E-state index contributed by atoms with van der Waals surface area (Å²) in [7, 11) is 0. The van der Waals surface area contributed by atoms with E-state index in [1.807, 2.05) is 29.2 Å². The van der Waals surface area contributed by atoms with E-state index in [1.165, 1.54) is 51.7 Å². The molecule has 1 aromatic rings. The number of rotatable bonds is 9. The van der Waals surface area contributed by atoms with Crippen LogP contribution in [0.3, 0.4) is 0 Å². The van der Waals surface area contributed by atoms with Crippen LogP contribution >= 0.6 is 36.4 Å². The molecule has 3 N–H and O–H groups in total. The van der Waals surface area contributed by atoms with E-state index in [4.69, 9.17) is 22.7 Å². The molecule has 0 aliphatic carbocycles. The van der Waals surface area contributed by atoms with Crippen LogP contribution in [0.25, 0.3) is 0 Å². The molecular formula is C18H31Cl3N4. The molecule has 1 aliphatic rings. The molecule has 0 aromatic heterocycles. The summed E-state index contributed by atoms with van der Waals surface area (Å²) in [5.41, 5.74) is 6.85. The number of benzene rings is 1. The Morgan fingerprint density at radius 1 is 1.04 bits per heavy atom. The number of likely N-dealkylation sites (tertiary alicyclic amines) is 1. The van der Waals surface area contributed by atoms with Gasteiger partial charge >= 0.3 is 0 Å². The van der Waals surface area contributed by atoms with E-state index < -0.39 is 0 Å². The van der Waals surface area contributed by atoms with Crippen molar-refractivity contribution in [1.82, 2.24) is 9.80 Å². The van der Waals surface area contributed by atoms with Crippen LogP contribution in [0.15, 0.2) is 24.3 Å². The Balaban J connectivity index is 0.00000288. The lowest BCUT2D eigenvalue weighted by Gasteiger charge is -2.23. The van der Waals surface area contributed by atoms with E-state index in [9.17, 15) is 0 Å². The molecule has 2 rings (SSSR count). The van der Waals surface area contributed by atoms with Gasteiger partial charge in [-0.3, -0.25) is 5.41 Å². The zero-order valence-electron chi connectivity index (χ0n) is 14.8. The van der Waals surface area contributed by atoms with Crippen LogP contribution in [0.2, 0.25) is 5.02 Å². The van der Waals surface area contributed by atoms with Gasteiger partial charge < -0.3 is 15.5 Å². The summed E-state index contributed by atoms with van der Waals surface area (Å²) in [5.74, 6) is 0.150. The fourth-order valence-electron chi connectivity index (χ4n) is 3.09. The maximum absolute atomic E-state index is 7.74. The van der Waals surface area contributed by atoms with Crippen molar-refractivity contribution >= 4 is 42.4 Å². The first-order valence-corrected chi connectivity index (χ1v) is 9.09. The summed E-state index contributed by atoms with van der Waals surface area (Å²) in [5, 5.41) is 8.48. The summed E-state index contributed by atoms with van der Waals surface area (Å²) in [4.78, 5) is 4.51. The maximum atomic E-state index is 7.74. The van der Waals surface area contributed by atoms with Crippen molar-refractivity contribution < 1.29 is 0 Å². The van der Waals surface area contributed by atoms with E-state index in [0.717, 1.165) is 23.6 Å². The van der Waals surface area contributed by atoms with Crippen molar-refractivity contribution in [3.8, 4) is 0 Å². The molecule has 0 spiro atoms. The van der Waals surface area contributed by atoms with Crippen LogP contribution in [0.1, 0.15) is 44.1 Å². The highest BCUT2D eigenvalue weighted by Crippen LogP contribution is 2.13. The van der Waals surface area contributed by atoms with Gasteiger partial charge in [-0.15, -0.1) is 24.8 Å². The highest BCUT2D eigenvalue weighted by molar-refractivity contribution is 6.30. The quantitative estimate of drug-likeness (QED) is 0.358. The van der Waals surface area contributed by atoms with E-state index in [0.29, 0.717) is 6.54 Å². The lowest BCUT2D eigenvalue weighted by Crippen LogP contribution is -2.36. The molecule has 25 heavy (non-hydrogen) atoms. The highest BCUT2D eigenvalue weighted by atomic mass is 35.5. The second-order valence-corrected chi connectivity index (χ2v) is 6.83. The Kier molecular flexibility index (Phi) is 13.1. The minimum absolute atomic E-state index is 0. The largest absolute Gasteiger partial charge is 0.370 e. The standard InChI is InChI=1S/C18H29ClN4.2ClH/c19-17-9-7-16(8-10-17)15-23(18(20)21)14-4-2-1-3-11-22-12-5-6-13-22;;/h7-10H,1-6,11-15H2,(H3,20,21);2*1H. The van der Waals surface area contributed by atoms with Gasteiger partial charge in [0, 0.05) is 18.1 Å². The molecule has 0 unspecified atom stereocenters. The predicted molar refractivity (Wildman–Crippen MR) is 112 cm³/mol. The third kappa shape index (κ3) is 9.55. The molecule has 1 fully saturated rings. The molecule has 4 nitrogen and oxygen atoms in total. The number of guanidine groups is 1. The van der Waals surface area contributed by atoms with Gasteiger partial charge in [0.25, 0.3) is 0 Å². The Labute approximate surface area is 169 Å². The van der Waals surface area contributed by atoms with E-state index in [2.05, 4.69) is 4.90 Å². The minimum Gasteiger partial charge on any atom is -0.370 e. The van der Waals surface area contributed by atoms with Crippen LogP contribution in [0, 0.1) is 5.41 Å². The lowest BCUT2D eigenvalue weighted by atomic mass is 10.1. The molecule has 0 saturated carbocycles. The first-order chi connectivity index (χ1) is 11.1. The topological polar surface area (TPSA) is 56.4 Å². The lowest BCUT2D eigenvalue weighted by molar-refractivity contribution is 0.324.